The Morgan fingerprint density at radius 3 is 2.76 bits per heavy atom. The highest BCUT2D eigenvalue weighted by atomic mass is 16.5. The molecule has 0 aliphatic carbocycles. The second kappa shape index (κ2) is 6.97. The van der Waals surface area contributed by atoms with Crippen molar-refractivity contribution in [2.24, 2.45) is 0 Å². The summed E-state index contributed by atoms with van der Waals surface area (Å²) in [4.78, 5) is 12.5. The zero-order chi connectivity index (χ0) is 17.8. The first kappa shape index (κ1) is 16.4. The maximum atomic E-state index is 12.5. The number of fused-ring (bicyclic) bond motifs is 1. The first-order chi connectivity index (χ1) is 12.2. The van der Waals surface area contributed by atoms with Crippen LogP contribution in [-0.2, 0) is 0 Å². The van der Waals surface area contributed by atoms with Gasteiger partial charge >= 0.3 is 0 Å². The Morgan fingerprint density at radius 2 is 2.04 bits per heavy atom. The van der Waals surface area contributed by atoms with E-state index in [0.717, 1.165) is 0 Å². The van der Waals surface area contributed by atoms with Crippen LogP contribution >= 0.6 is 0 Å². The second-order valence-corrected chi connectivity index (χ2v) is 5.13. The third kappa shape index (κ3) is 3.12. The van der Waals surface area contributed by atoms with Gasteiger partial charge in [0, 0.05) is 11.6 Å². The first-order valence-corrected chi connectivity index (χ1v) is 7.47. The number of ketones is 1. The van der Waals surface area contributed by atoms with Gasteiger partial charge in [0.25, 0.3) is 0 Å². The Balaban J connectivity index is 1.94. The summed E-state index contributed by atoms with van der Waals surface area (Å²) >= 11 is 0. The van der Waals surface area contributed by atoms with Crippen LogP contribution in [0.4, 0.5) is 0 Å². The van der Waals surface area contributed by atoms with E-state index in [4.69, 9.17) is 24.2 Å². The quantitative estimate of drug-likeness (QED) is 0.780. The predicted molar refractivity (Wildman–Crippen MR) is 90.0 cm³/mol. The number of Topliss-reactive ketones (excluding diaryl/α,β-unsaturated/α-hetero) is 1. The smallest absolute Gasteiger partial charge is 0.231 e. The van der Waals surface area contributed by atoms with Gasteiger partial charge in [-0.15, -0.1) is 0 Å². The Bertz CT molecular complexity index is 895. The highest BCUT2D eigenvalue weighted by Crippen LogP contribution is 2.37. The fourth-order valence-corrected chi connectivity index (χ4v) is 2.54. The van der Waals surface area contributed by atoms with Crippen molar-refractivity contribution in [2.45, 2.75) is 0 Å². The van der Waals surface area contributed by atoms with Gasteiger partial charge in [0.1, 0.15) is 17.6 Å². The Morgan fingerprint density at radius 1 is 1.20 bits per heavy atom. The second-order valence-electron chi connectivity index (χ2n) is 5.13. The number of ether oxygens (including phenoxy) is 4. The molecule has 0 N–H and O–H groups in total. The minimum Gasteiger partial charge on any atom is -0.493 e. The van der Waals surface area contributed by atoms with E-state index in [-0.39, 0.29) is 18.1 Å². The van der Waals surface area contributed by atoms with Crippen molar-refractivity contribution in [1.29, 1.82) is 5.26 Å². The molecule has 0 fully saturated rings. The summed E-state index contributed by atoms with van der Waals surface area (Å²) in [5.41, 5.74) is 1.11. The van der Waals surface area contributed by atoms with Crippen molar-refractivity contribution >= 4 is 11.9 Å². The van der Waals surface area contributed by atoms with Crippen LogP contribution in [0, 0.1) is 11.3 Å². The highest BCUT2D eigenvalue weighted by molar-refractivity contribution is 6.14. The normalized spacial score (nSPS) is 13.8. The van der Waals surface area contributed by atoms with Gasteiger partial charge in [-0.3, -0.25) is 4.79 Å². The van der Waals surface area contributed by atoms with E-state index in [0.29, 0.717) is 34.1 Å². The van der Waals surface area contributed by atoms with Gasteiger partial charge in [-0.2, -0.15) is 5.26 Å². The van der Waals surface area contributed by atoms with E-state index < -0.39 is 0 Å². The van der Waals surface area contributed by atoms with Crippen LogP contribution in [0.3, 0.4) is 0 Å². The third-order valence-corrected chi connectivity index (χ3v) is 3.66. The van der Waals surface area contributed by atoms with Crippen molar-refractivity contribution in [3.8, 4) is 29.1 Å². The molecule has 0 radical (unpaired) electrons. The van der Waals surface area contributed by atoms with Crippen LogP contribution in [-0.4, -0.2) is 26.6 Å². The number of nitrogens with zero attached hydrogens (tertiary/aromatic N) is 1. The molecular formula is C19H15NO5. The molecule has 126 valence electrons. The van der Waals surface area contributed by atoms with E-state index >= 15 is 0 Å². The molecular weight excluding hydrogens is 322 g/mol. The van der Waals surface area contributed by atoms with Gasteiger partial charge in [-0.05, 0) is 24.3 Å². The number of methoxy groups -OCH3 is 2. The molecule has 0 bridgehead atoms. The molecule has 1 aliphatic rings. The summed E-state index contributed by atoms with van der Waals surface area (Å²) in [5.74, 6) is 1.89. The molecule has 1 aliphatic heterocycles. The van der Waals surface area contributed by atoms with Crippen LogP contribution in [0.25, 0.3) is 6.08 Å². The largest absolute Gasteiger partial charge is 0.493 e. The standard InChI is InChI=1S/C19H15NO5/c1-22-15-5-3-4-12(19(15)23-2)10-17-18(21)14-7-6-13(24-9-8-20)11-16(14)25-17/h3-7,10-11H,9H2,1-2H3. The van der Waals surface area contributed by atoms with Crippen LogP contribution < -0.4 is 18.9 Å². The highest BCUT2D eigenvalue weighted by Gasteiger charge is 2.28. The number of nitriles is 1. The monoisotopic (exact) mass is 337 g/mol. The summed E-state index contributed by atoms with van der Waals surface area (Å²) in [6.07, 6.45) is 1.61. The maximum Gasteiger partial charge on any atom is 0.231 e. The molecule has 3 rings (SSSR count). The number of benzene rings is 2. The number of hydrogen-bond acceptors (Lipinski definition) is 6. The minimum atomic E-state index is -0.230. The molecule has 0 saturated carbocycles. The van der Waals surface area contributed by atoms with Crippen molar-refractivity contribution in [3.63, 3.8) is 0 Å². The van der Waals surface area contributed by atoms with Crippen LogP contribution in [0.15, 0.2) is 42.2 Å². The molecule has 2 aromatic rings. The van der Waals surface area contributed by atoms with Crippen LogP contribution in [0.1, 0.15) is 15.9 Å². The SMILES string of the molecule is COc1cccc(C=C2Oc3cc(OCC#N)ccc3C2=O)c1OC. The molecule has 25 heavy (non-hydrogen) atoms. The molecule has 0 atom stereocenters. The molecule has 0 aromatic heterocycles. The zero-order valence-corrected chi connectivity index (χ0v) is 13.7. The predicted octanol–water partition coefficient (Wildman–Crippen LogP) is 3.22. The fourth-order valence-electron chi connectivity index (χ4n) is 2.54. The van der Waals surface area contributed by atoms with Gasteiger partial charge in [-0.25, -0.2) is 0 Å². The van der Waals surface area contributed by atoms with Crippen LogP contribution in [0.5, 0.6) is 23.0 Å². The first-order valence-electron chi connectivity index (χ1n) is 7.47. The van der Waals surface area contributed by atoms with E-state index in [1.165, 1.54) is 7.11 Å². The number of carbonyl (C=O) groups is 1. The zero-order valence-electron chi connectivity index (χ0n) is 13.7. The van der Waals surface area contributed by atoms with E-state index in [1.54, 1.807) is 49.6 Å². The van der Waals surface area contributed by atoms with E-state index in [9.17, 15) is 4.79 Å². The van der Waals surface area contributed by atoms with Gasteiger partial charge in [-0.1, -0.05) is 12.1 Å². The van der Waals surface area contributed by atoms with Crippen molar-refractivity contribution in [3.05, 3.63) is 53.3 Å². The molecule has 0 spiro atoms. The van der Waals surface area contributed by atoms with Gasteiger partial charge in [0.05, 0.1) is 19.8 Å². The van der Waals surface area contributed by atoms with Crippen molar-refractivity contribution < 1.29 is 23.7 Å². The lowest BCUT2D eigenvalue weighted by molar-refractivity contribution is 0.101. The minimum absolute atomic E-state index is 0.0730. The van der Waals surface area contributed by atoms with Crippen molar-refractivity contribution in [1.82, 2.24) is 0 Å². The number of rotatable bonds is 5. The topological polar surface area (TPSA) is 77.8 Å². The fraction of sp³-hybridized carbons (Fsp3) is 0.158. The van der Waals surface area contributed by atoms with E-state index in [1.807, 2.05) is 6.07 Å². The van der Waals surface area contributed by atoms with Gasteiger partial charge < -0.3 is 18.9 Å². The van der Waals surface area contributed by atoms with Gasteiger partial charge in [0.2, 0.25) is 5.78 Å². The van der Waals surface area contributed by atoms with Crippen LogP contribution in [0.2, 0.25) is 0 Å². The summed E-state index contributed by atoms with van der Waals surface area (Å²) < 4.78 is 21.5. The molecule has 6 heteroatoms. The summed E-state index contributed by atoms with van der Waals surface area (Å²) in [5, 5.41) is 8.57. The Kier molecular flexibility index (Phi) is 4.57. The Labute approximate surface area is 144 Å². The number of hydrogen-bond donors (Lipinski definition) is 0. The molecule has 6 nitrogen and oxygen atoms in total. The lowest BCUT2D eigenvalue weighted by atomic mass is 10.1. The molecule has 2 aromatic carbocycles. The number of para-hydroxylation sites is 1. The lowest BCUT2D eigenvalue weighted by Crippen LogP contribution is -1.99. The average Bonchev–Trinajstić information content (AvgIpc) is 2.94. The summed E-state index contributed by atoms with van der Waals surface area (Å²) in [6.45, 7) is -0.0730. The van der Waals surface area contributed by atoms with Crippen molar-refractivity contribution in [2.75, 3.05) is 20.8 Å². The molecule has 1 heterocycles. The summed E-state index contributed by atoms with van der Waals surface area (Å²) in [6, 6.07) is 12.1. The molecule has 0 saturated heterocycles. The van der Waals surface area contributed by atoms with Gasteiger partial charge in [0.15, 0.2) is 23.9 Å². The number of allylic oxidation sites excluding steroid dienone is 1. The molecule has 0 amide bonds. The summed E-state index contributed by atoms with van der Waals surface area (Å²) in [7, 11) is 3.08. The lowest BCUT2D eigenvalue weighted by Gasteiger charge is -2.10. The van der Waals surface area contributed by atoms with E-state index in [2.05, 4.69) is 0 Å². The molecule has 0 unspecified atom stereocenters. The third-order valence-electron chi connectivity index (χ3n) is 3.66. The number of carbonyl (C=O) groups excluding carboxylic acids is 1. The Hall–Kier alpha value is -3.46. The maximum absolute atomic E-state index is 12.5. The average molecular weight is 337 g/mol.